The third-order valence-electron chi connectivity index (χ3n) is 5.78. The SMILES string of the molecule is Cc1cccc2[nH]cc(C(=O)Nc3ccc(N4CC(F)(F)CC4C)cc3C(F)(F)F)c(=O)c12. The van der Waals surface area contributed by atoms with Gasteiger partial charge in [0.05, 0.1) is 17.8 Å². The van der Waals surface area contributed by atoms with E-state index >= 15 is 0 Å². The van der Waals surface area contributed by atoms with Gasteiger partial charge in [-0.15, -0.1) is 0 Å². The summed E-state index contributed by atoms with van der Waals surface area (Å²) in [5.41, 5.74) is -1.64. The topological polar surface area (TPSA) is 65.2 Å². The fourth-order valence-corrected chi connectivity index (χ4v) is 4.21. The maximum Gasteiger partial charge on any atom is 0.418 e. The summed E-state index contributed by atoms with van der Waals surface area (Å²) in [5.74, 6) is -4.01. The Kier molecular flexibility index (Phi) is 5.42. The summed E-state index contributed by atoms with van der Waals surface area (Å²) in [6, 6.07) is 7.40. The lowest BCUT2D eigenvalue weighted by atomic mass is 10.1. The number of alkyl halides is 5. The molecule has 0 saturated carbocycles. The summed E-state index contributed by atoms with van der Waals surface area (Å²) in [6.07, 6.45) is -4.18. The summed E-state index contributed by atoms with van der Waals surface area (Å²) >= 11 is 0. The minimum Gasteiger partial charge on any atom is -0.363 e. The first-order valence-corrected chi connectivity index (χ1v) is 10.2. The number of hydrogen-bond acceptors (Lipinski definition) is 3. The van der Waals surface area contributed by atoms with Crippen LogP contribution in [0.2, 0.25) is 0 Å². The highest BCUT2D eigenvalue weighted by molar-refractivity contribution is 6.06. The third-order valence-corrected chi connectivity index (χ3v) is 5.78. The van der Waals surface area contributed by atoms with Gasteiger partial charge < -0.3 is 15.2 Å². The van der Waals surface area contributed by atoms with E-state index in [4.69, 9.17) is 0 Å². The van der Waals surface area contributed by atoms with E-state index in [1.54, 1.807) is 25.1 Å². The number of rotatable bonds is 3. The highest BCUT2D eigenvalue weighted by atomic mass is 19.4. The molecule has 10 heteroatoms. The van der Waals surface area contributed by atoms with Gasteiger partial charge in [0.25, 0.3) is 11.8 Å². The van der Waals surface area contributed by atoms with E-state index in [1.807, 2.05) is 0 Å². The molecule has 1 aromatic heterocycles. The second kappa shape index (κ2) is 7.86. The first-order chi connectivity index (χ1) is 15.4. The second-order valence-electron chi connectivity index (χ2n) is 8.25. The van der Waals surface area contributed by atoms with Gasteiger partial charge in [0.1, 0.15) is 5.56 Å². The second-order valence-corrected chi connectivity index (χ2v) is 8.25. The van der Waals surface area contributed by atoms with Crippen molar-refractivity contribution in [3.05, 3.63) is 69.5 Å². The Labute approximate surface area is 185 Å². The first-order valence-electron chi connectivity index (χ1n) is 10.2. The minimum absolute atomic E-state index is 0.0239. The van der Waals surface area contributed by atoms with Crippen LogP contribution in [0.4, 0.5) is 33.3 Å². The molecule has 0 bridgehead atoms. The number of anilines is 2. The predicted octanol–water partition coefficient (Wildman–Crippen LogP) is 5.34. The number of halogens is 5. The van der Waals surface area contributed by atoms with Crippen molar-refractivity contribution in [1.29, 1.82) is 0 Å². The molecule has 0 aliphatic carbocycles. The number of aromatic nitrogens is 1. The molecule has 3 aromatic rings. The van der Waals surface area contributed by atoms with Gasteiger partial charge in [-0.2, -0.15) is 13.2 Å². The summed E-state index contributed by atoms with van der Waals surface area (Å²) in [6.45, 7) is 2.50. The normalized spacial score (nSPS) is 18.0. The van der Waals surface area contributed by atoms with Crippen molar-refractivity contribution in [3.8, 4) is 0 Å². The smallest absolute Gasteiger partial charge is 0.363 e. The van der Waals surface area contributed by atoms with Gasteiger partial charge in [0.15, 0.2) is 0 Å². The summed E-state index contributed by atoms with van der Waals surface area (Å²) in [5, 5.41) is 2.42. The molecule has 1 fully saturated rings. The van der Waals surface area contributed by atoms with Crippen molar-refractivity contribution in [2.75, 3.05) is 16.8 Å². The summed E-state index contributed by atoms with van der Waals surface area (Å²) < 4.78 is 68.8. The molecule has 2 N–H and O–H groups in total. The van der Waals surface area contributed by atoms with Crippen LogP contribution >= 0.6 is 0 Å². The van der Waals surface area contributed by atoms with E-state index in [-0.39, 0.29) is 16.6 Å². The van der Waals surface area contributed by atoms with Crippen LogP contribution in [0.5, 0.6) is 0 Å². The average Bonchev–Trinajstić information content (AvgIpc) is 3.00. The molecular weight excluding hydrogens is 445 g/mol. The number of fused-ring (bicyclic) bond motifs is 1. The molecule has 1 atom stereocenters. The number of nitrogens with one attached hydrogen (secondary N) is 2. The van der Waals surface area contributed by atoms with Crippen molar-refractivity contribution in [2.24, 2.45) is 0 Å². The van der Waals surface area contributed by atoms with Crippen LogP contribution < -0.4 is 15.6 Å². The number of H-pyrrole nitrogens is 1. The maximum atomic E-state index is 13.8. The van der Waals surface area contributed by atoms with E-state index in [2.05, 4.69) is 10.3 Å². The van der Waals surface area contributed by atoms with E-state index < -0.39 is 53.7 Å². The number of carbonyl (C=O) groups excluding carboxylic acids is 1. The molecule has 1 unspecified atom stereocenters. The molecule has 1 saturated heterocycles. The molecule has 2 aromatic carbocycles. The molecule has 1 amide bonds. The van der Waals surface area contributed by atoms with Gasteiger partial charge in [-0.1, -0.05) is 12.1 Å². The van der Waals surface area contributed by atoms with E-state index in [0.29, 0.717) is 11.1 Å². The van der Waals surface area contributed by atoms with Gasteiger partial charge in [0.2, 0.25) is 5.43 Å². The fourth-order valence-electron chi connectivity index (χ4n) is 4.21. The molecule has 1 aliphatic heterocycles. The standard InChI is InChI=1S/C23H20F5N3O2/c1-12-4-3-5-18-19(12)20(32)15(10-29-18)21(33)30-17-7-6-14(8-16(17)23(26,27)28)31-11-22(24,25)9-13(31)2/h3-8,10,13H,9,11H2,1-2H3,(H,29,32)(H,30,33). The lowest BCUT2D eigenvalue weighted by molar-refractivity contribution is -0.136. The Hall–Kier alpha value is -3.43. The zero-order chi connectivity index (χ0) is 24.1. The molecule has 0 radical (unpaired) electrons. The molecule has 5 nitrogen and oxygen atoms in total. The van der Waals surface area contributed by atoms with Gasteiger partial charge in [-0.05, 0) is 43.7 Å². The lowest BCUT2D eigenvalue weighted by Gasteiger charge is -2.25. The fraction of sp³-hybridized carbons (Fsp3) is 0.304. The van der Waals surface area contributed by atoms with Crippen LogP contribution in [0.1, 0.15) is 34.8 Å². The number of amides is 1. The van der Waals surface area contributed by atoms with Crippen molar-refractivity contribution >= 4 is 28.2 Å². The lowest BCUT2D eigenvalue weighted by Crippen LogP contribution is -2.29. The van der Waals surface area contributed by atoms with E-state index in [1.165, 1.54) is 17.9 Å². The van der Waals surface area contributed by atoms with Crippen LogP contribution in [-0.4, -0.2) is 29.4 Å². The monoisotopic (exact) mass is 465 g/mol. The number of carbonyl (C=O) groups is 1. The largest absolute Gasteiger partial charge is 0.418 e. The Morgan fingerprint density at radius 3 is 2.58 bits per heavy atom. The summed E-state index contributed by atoms with van der Waals surface area (Å²) in [4.78, 5) is 29.6. The zero-order valence-corrected chi connectivity index (χ0v) is 17.7. The van der Waals surface area contributed by atoms with Crippen LogP contribution in [0.25, 0.3) is 10.9 Å². The van der Waals surface area contributed by atoms with Gasteiger partial charge in [0, 0.05) is 35.2 Å². The molecule has 2 heterocycles. The Morgan fingerprint density at radius 2 is 1.94 bits per heavy atom. The van der Waals surface area contributed by atoms with Crippen LogP contribution in [0, 0.1) is 6.92 Å². The molecule has 33 heavy (non-hydrogen) atoms. The third kappa shape index (κ3) is 4.29. The first kappa shape index (κ1) is 22.8. The number of hydrogen-bond donors (Lipinski definition) is 2. The van der Waals surface area contributed by atoms with Crippen LogP contribution in [-0.2, 0) is 6.18 Å². The van der Waals surface area contributed by atoms with E-state index in [0.717, 1.165) is 18.3 Å². The van der Waals surface area contributed by atoms with Crippen molar-refractivity contribution < 1.29 is 26.7 Å². The summed E-state index contributed by atoms with van der Waals surface area (Å²) in [7, 11) is 0. The Balaban J connectivity index is 1.70. The molecule has 4 rings (SSSR count). The van der Waals surface area contributed by atoms with Crippen LogP contribution in [0.3, 0.4) is 0 Å². The number of benzene rings is 2. The number of pyridine rings is 1. The van der Waals surface area contributed by atoms with Crippen molar-refractivity contribution in [2.45, 2.75) is 38.4 Å². The number of nitrogens with zero attached hydrogens (tertiary/aromatic N) is 1. The van der Waals surface area contributed by atoms with Crippen molar-refractivity contribution in [1.82, 2.24) is 4.98 Å². The Bertz CT molecular complexity index is 1300. The maximum absolute atomic E-state index is 13.8. The predicted molar refractivity (Wildman–Crippen MR) is 115 cm³/mol. The number of aryl methyl sites for hydroxylation is 1. The Morgan fingerprint density at radius 1 is 1.21 bits per heavy atom. The quantitative estimate of drug-likeness (QED) is 0.513. The highest BCUT2D eigenvalue weighted by Crippen LogP contribution is 2.41. The van der Waals surface area contributed by atoms with Crippen molar-refractivity contribution in [3.63, 3.8) is 0 Å². The van der Waals surface area contributed by atoms with E-state index in [9.17, 15) is 31.5 Å². The molecular formula is C23H20F5N3O2. The average molecular weight is 465 g/mol. The minimum atomic E-state index is -4.86. The molecule has 1 aliphatic rings. The number of aromatic amines is 1. The zero-order valence-electron chi connectivity index (χ0n) is 17.7. The highest BCUT2D eigenvalue weighted by Gasteiger charge is 2.44. The van der Waals surface area contributed by atoms with Gasteiger partial charge in [-0.3, -0.25) is 9.59 Å². The molecule has 0 spiro atoms. The van der Waals surface area contributed by atoms with Gasteiger partial charge >= 0.3 is 6.18 Å². The molecule has 174 valence electrons. The van der Waals surface area contributed by atoms with Gasteiger partial charge in [-0.25, -0.2) is 8.78 Å². The van der Waals surface area contributed by atoms with Crippen LogP contribution in [0.15, 0.2) is 47.4 Å².